The van der Waals surface area contributed by atoms with Gasteiger partial charge in [0, 0.05) is 28.3 Å². The number of carbonyl (C=O) groups excluding carboxylic acids is 2. The molecule has 0 aliphatic rings. The van der Waals surface area contributed by atoms with E-state index in [9.17, 15) is 9.59 Å². The highest BCUT2D eigenvalue weighted by Gasteiger charge is 2.26. The van der Waals surface area contributed by atoms with Crippen molar-refractivity contribution in [3.63, 3.8) is 0 Å². The zero-order chi connectivity index (χ0) is 22.8. The van der Waals surface area contributed by atoms with Crippen LogP contribution >= 0.6 is 0 Å². The average molecular weight is 419 g/mol. The Morgan fingerprint density at radius 1 is 0.774 bits per heavy atom. The lowest BCUT2D eigenvalue weighted by atomic mass is 9.92. The molecule has 3 rings (SSSR count). The van der Waals surface area contributed by atoms with E-state index in [1.54, 1.807) is 36.4 Å². The highest BCUT2D eigenvalue weighted by molar-refractivity contribution is 6.06. The second kappa shape index (κ2) is 8.38. The van der Waals surface area contributed by atoms with Gasteiger partial charge in [-0.2, -0.15) is 5.10 Å². The molecule has 3 aromatic rings. The largest absolute Gasteiger partial charge is 0.322 e. The molecular formula is C25H30N4O2. The Labute approximate surface area is 183 Å². The van der Waals surface area contributed by atoms with Crippen molar-refractivity contribution in [3.8, 4) is 0 Å². The normalized spacial score (nSPS) is 11.8. The van der Waals surface area contributed by atoms with Gasteiger partial charge in [0.15, 0.2) is 0 Å². The topological polar surface area (TPSA) is 76.0 Å². The third kappa shape index (κ3) is 5.40. The van der Waals surface area contributed by atoms with E-state index in [4.69, 9.17) is 5.10 Å². The van der Waals surface area contributed by atoms with Crippen molar-refractivity contribution in [2.75, 3.05) is 10.6 Å². The molecule has 0 aliphatic heterocycles. The number of hydrogen-bond acceptors (Lipinski definition) is 3. The summed E-state index contributed by atoms with van der Waals surface area (Å²) in [5.74, 6) is 0.234. The van der Waals surface area contributed by atoms with E-state index in [0.717, 1.165) is 5.69 Å². The van der Waals surface area contributed by atoms with Crippen LogP contribution in [0.15, 0.2) is 60.7 Å². The lowest BCUT2D eigenvalue weighted by Crippen LogP contribution is -2.27. The maximum Gasteiger partial charge on any atom is 0.256 e. The molecule has 0 radical (unpaired) electrons. The van der Waals surface area contributed by atoms with Crippen molar-refractivity contribution >= 4 is 23.3 Å². The standard InChI is InChI=1S/C25H30N4O2/c1-24(2,3)20-16-21(29(28-20)25(4,5)6)27-23(31)18-12-14-19(15-13-18)26-22(30)17-10-8-7-9-11-17/h7-16H,1-6H3,(H,26,30)(H,27,31). The molecule has 0 unspecified atom stereocenters. The van der Waals surface area contributed by atoms with Crippen LogP contribution in [0.2, 0.25) is 0 Å². The summed E-state index contributed by atoms with van der Waals surface area (Å²) in [6, 6.07) is 17.7. The summed E-state index contributed by atoms with van der Waals surface area (Å²) in [6.45, 7) is 12.4. The molecule has 0 saturated carbocycles. The lowest BCUT2D eigenvalue weighted by molar-refractivity contribution is 0.101. The third-order valence-electron chi connectivity index (χ3n) is 4.80. The van der Waals surface area contributed by atoms with Crippen LogP contribution in [0, 0.1) is 0 Å². The van der Waals surface area contributed by atoms with E-state index in [2.05, 4.69) is 31.4 Å². The van der Waals surface area contributed by atoms with Gasteiger partial charge in [-0.05, 0) is 57.2 Å². The quantitative estimate of drug-likeness (QED) is 0.592. The van der Waals surface area contributed by atoms with Crippen LogP contribution in [0.5, 0.6) is 0 Å². The molecule has 2 amide bonds. The van der Waals surface area contributed by atoms with E-state index >= 15 is 0 Å². The molecule has 6 heteroatoms. The van der Waals surface area contributed by atoms with Gasteiger partial charge < -0.3 is 10.6 Å². The Kier molecular flexibility index (Phi) is 6.02. The van der Waals surface area contributed by atoms with Gasteiger partial charge in [-0.1, -0.05) is 39.0 Å². The predicted octanol–water partition coefficient (Wildman–Crippen LogP) is 5.44. The zero-order valence-electron chi connectivity index (χ0n) is 19.0. The third-order valence-corrected chi connectivity index (χ3v) is 4.80. The zero-order valence-corrected chi connectivity index (χ0v) is 19.0. The molecule has 2 N–H and O–H groups in total. The number of hydrogen-bond donors (Lipinski definition) is 2. The maximum atomic E-state index is 12.9. The van der Waals surface area contributed by atoms with Crippen molar-refractivity contribution in [2.45, 2.75) is 52.5 Å². The number of nitrogens with one attached hydrogen (secondary N) is 2. The Morgan fingerprint density at radius 2 is 1.32 bits per heavy atom. The van der Waals surface area contributed by atoms with Gasteiger partial charge in [0.25, 0.3) is 11.8 Å². The molecule has 0 aliphatic carbocycles. The summed E-state index contributed by atoms with van der Waals surface area (Å²) in [4.78, 5) is 25.2. The molecule has 31 heavy (non-hydrogen) atoms. The van der Waals surface area contributed by atoms with Crippen LogP contribution in [0.1, 0.15) is 68.0 Å². The van der Waals surface area contributed by atoms with Gasteiger partial charge >= 0.3 is 0 Å². The number of rotatable bonds is 4. The fourth-order valence-electron chi connectivity index (χ4n) is 3.03. The summed E-state index contributed by atoms with van der Waals surface area (Å²) in [7, 11) is 0. The maximum absolute atomic E-state index is 12.9. The second-order valence-electron chi connectivity index (χ2n) is 9.60. The van der Waals surface area contributed by atoms with Crippen molar-refractivity contribution in [1.82, 2.24) is 9.78 Å². The highest BCUT2D eigenvalue weighted by atomic mass is 16.2. The molecule has 6 nitrogen and oxygen atoms in total. The number of carbonyl (C=O) groups is 2. The molecule has 1 aromatic heterocycles. The van der Waals surface area contributed by atoms with E-state index < -0.39 is 0 Å². The monoisotopic (exact) mass is 418 g/mol. The van der Waals surface area contributed by atoms with Crippen LogP contribution in [0.3, 0.4) is 0 Å². The van der Waals surface area contributed by atoms with Gasteiger partial charge in [-0.3, -0.25) is 9.59 Å². The first-order chi connectivity index (χ1) is 14.4. The van der Waals surface area contributed by atoms with Crippen LogP contribution < -0.4 is 10.6 Å². The first-order valence-corrected chi connectivity index (χ1v) is 10.3. The highest BCUT2D eigenvalue weighted by Crippen LogP contribution is 2.28. The molecule has 0 bridgehead atoms. The smallest absolute Gasteiger partial charge is 0.256 e. The molecule has 1 heterocycles. The number of aromatic nitrogens is 2. The predicted molar refractivity (Wildman–Crippen MR) is 125 cm³/mol. The summed E-state index contributed by atoms with van der Waals surface area (Å²) in [5.41, 5.74) is 2.20. The summed E-state index contributed by atoms with van der Waals surface area (Å²) in [6.07, 6.45) is 0. The molecule has 0 fully saturated rings. The van der Waals surface area contributed by atoms with E-state index in [1.165, 1.54) is 0 Å². The van der Waals surface area contributed by atoms with E-state index in [1.807, 2.05) is 49.7 Å². The molecular weight excluding hydrogens is 388 g/mol. The van der Waals surface area contributed by atoms with E-state index in [0.29, 0.717) is 22.6 Å². The minimum Gasteiger partial charge on any atom is -0.322 e. The summed E-state index contributed by atoms with van der Waals surface area (Å²) < 4.78 is 1.85. The molecule has 2 aromatic carbocycles. The fraction of sp³-hybridized carbons (Fsp3) is 0.320. The Bertz CT molecular complexity index is 1070. The SMILES string of the molecule is CC(C)(C)c1cc(NC(=O)c2ccc(NC(=O)c3ccccc3)cc2)n(C(C)(C)C)n1. The first kappa shape index (κ1) is 22.3. The van der Waals surface area contributed by atoms with Crippen LogP contribution in [0.4, 0.5) is 11.5 Å². The van der Waals surface area contributed by atoms with Crippen molar-refractivity contribution in [3.05, 3.63) is 77.5 Å². The Morgan fingerprint density at radius 3 is 1.87 bits per heavy atom. The van der Waals surface area contributed by atoms with Crippen molar-refractivity contribution < 1.29 is 9.59 Å². The van der Waals surface area contributed by atoms with Crippen LogP contribution in [-0.4, -0.2) is 21.6 Å². The first-order valence-electron chi connectivity index (χ1n) is 10.3. The van der Waals surface area contributed by atoms with Gasteiger partial charge in [0.05, 0.1) is 11.2 Å². The number of benzene rings is 2. The molecule has 162 valence electrons. The van der Waals surface area contributed by atoms with E-state index in [-0.39, 0.29) is 22.8 Å². The summed E-state index contributed by atoms with van der Waals surface area (Å²) in [5, 5.41) is 10.6. The van der Waals surface area contributed by atoms with Crippen molar-refractivity contribution in [1.29, 1.82) is 0 Å². The van der Waals surface area contributed by atoms with Crippen LogP contribution in [0.25, 0.3) is 0 Å². The lowest BCUT2D eigenvalue weighted by Gasteiger charge is -2.23. The minimum atomic E-state index is -0.280. The Balaban J connectivity index is 1.75. The number of amides is 2. The van der Waals surface area contributed by atoms with Gasteiger partial charge in [0.1, 0.15) is 5.82 Å². The second-order valence-corrected chi connectivity index (χ2v) is 9.60. The average Bonchev–Trinajstić information content (AvgIpc) is 3.14. The van der Waals surface area contributed by atoms with Crippen molar-refractivity contribution in [2.24, 2.45) is 0 Å². The van der Waals surface area contributed by atoms with Gasteiger partial charge in [0.2, 0.25) is 0 Å². The van der Waals surface area contributed by atoms with Gasteiger partial charge in [-0.25, -0.2) is 4.68 Å². The number of nitrogens with zero attached hydrogens (tertiary/aromatic N) is 2. The minimum absolute atomic E-state index is 0.130. The Hall–Kier alpha value is -3.41. The summed E-state index contributed by atoms with van der Waals surface area (Å²) >= 11 is 0. The van der Waals surface area contributed by atoms with Gasteiger partial charge in [-0.15, -0.1) is 0 Å². The number of anilines is 2. The molecule has 0 atom stereocenters. The van der Waals surface area contributed by atoms with Crippen LogP contribution in [-0.2, 0) is 11.0 Å². The fourth-order valence-corrected chi connectivity index (χ4v) is 3.03. The molecule has 0 spiro atoms. The molecule has 0 saturated heterocycles.